The number of H-pyrrole nitrogens is 2. The van der Waals surface area contributed by atoms with Gasteiger partial charge in [0.25, 0.3) is 0 Å². The van der Waals surface area contributed by atoms with Gasteiger partial charge in [-0.2, -0.15) is 0 Å². The fourth-order valence-electron chi connectivity index (χ4n) is 1.40. The van der Waals surface area contributed by atoms with Crippen LogP contribution in [0.15, 0.2) is 28.7 Å². The first kappa shape index (κ1) is 9.68. The zero-order valence-electron chi connectivity index (χ0n) is 7.60. The molecule has 2 aromatic rings. The number of aryl methyl sites for hydroxylation is 1. The Labute approximate surface area is 95.5 Å². The molecule has 0 aliphatic carbocycles. The van der Waals surface area contributed by atoms with Crippen molar-refractivity contribution in [3.05, 3.63) is 39.2 Å². The monoisotopic (exact) mass is 268 g/mol. The summed E-state index contributed by atoms with van der Waals surface area (Å²) >= 11 is 8.47. The van der Waals surface area contributed by atoms with Gasteiger partial charge < -0.3 is 9.97 Å². The number of benzene rings is 1. The maximum Gasteiger partial charge on any atom is 0.175 e. The Kier molecular flexibility index (Phi) is 2.56. The van der Waals surface area contributed by atoms with Gasteiger partial charge in [0.2, 0.25) is 0 Å². The van der Waals surface area contributed by atoms with Crippen molar-refractivity contribution < 1.29 is 0 Å². The maximum atomic E-state index is 5.03. The third-order valence-corrected chi connectivity index (χ3v) is 2.73. The van der Waals surface area contributed by atoms with Crippen molar-refractivity contribution in [3.63, 3.8) is 0 Å². The first-order valence-electron chi connectivity index (χ1n) is 4.21. The second kappa shape index (κ2) is 3.71. The Morgan fingerprint density at radius 3 is 2.64 bits per heavy atom. The smallest absolute Gasteiger partial charge is 0.175 e. The molecule has 72 valence electrons. The maximum absolute atomic E-state index is 5.03. The molecule has 1 heterocycles. The van der Waals surface area contributed by atoms with E-state index in [1.807, 2.05) is 25.1 Å². The van der Waals surface area contributed by atoms with E-state index in [0.717, 1.165) is 21.4 Å². The first-order chi connectivity index (χ1) is 6.66. The number of aromatic nitrogens is 2. The van der Waals surface area contributed by atoms with E-state index in [9.17, 15) is 0 Å². The number of imidazole rings is 1. The molecule has 1 aromatic heterocycles. The van der Waals surface area contributed by atoms with Gasteiger partial charge in [-0.1, -0.05) is 28.1 Å². The molecule has 0 amide bonds. The van der Waals surface area contributed by atoms with E-state index >= 15 is 0 Å². The second-order valence-corrected chi connectivity index (χ2v) is 4.41. The van der Waals surface area contributed by atoms with Crippen molar-refractivity contribution in [2.45, 2.75) is 6.92 Å². The van der Waals surface area contributed by atoms with Gasteiger partial charge in [0.15, 0.2) is 4.77 Å². The Balaban J connectivity index is 2.59. The molecule has 0 aliphatic heterocycles. The van der Waals surface area contributed by atoms with Crippen molar-refractivity contribution >= 4 is 28.1 Å². The van der Waals surface area contributed by atoms with Crippen LogP contribution in [0.2, 0.25) is 0 Å². The summed E-state index contributed by atoms with van der Waals surface area (Å²) in [5, 5.41) is 0. The molecule has 0 aliphatic rings. The lowest BCUT2D eigenvalue weighted by molar-refractivity contribution is 1.22. The molecule has 0 fully saturated rings. The van der Waals surface area contributed by atoms with Crippen molar-refractivity contribution in [2.24, 2.45) is 0 Å². The van der Waals surface area contributed by atoms with Gasteiger partial charge in [0, 0.05) is 15.7 Å². The third kappa shape index (κ3) is 1.81. The summed E-state index contributed by atoms with van der Waals surface area (Å²) in [6.45, 7) is 2.00. The summed E-state index contributed by atoms with van der Waals surface area (Å²) in [5.41, 5.74) is 3.24. The normalized spacial score (nSPS) is 10.4. The second-order valence-electron chi connectivity index (χ2n) is 3.09. The lowest BCUT2D eigenvalue weighted by atomic mass is 10.1. The van der Waals surface area contributed by atoms with Crippen LogP contribution in [0.5, 0.6) is 0 Å². The van der Waals surface area contributed by atoms with Gasteiger partial charge in [-0.25, -0.2) is 0 Å². The van der Waals surface area contributed by atoms with Crippen LogP contribution in [0.3, 0.4) is 0 Å². The number of aromatic amines is 2. The van der Waals surface area contributed by atoms with Gasteiger partial charge >= 0.3 is 0 Å². The largest absolute Gasteiger partial charge is 0.334 e. The number of rotatable bonds is 1. The average Bonchev–Trinajstić information content (AvgIpc) is 2.45. The molecule has 14 heavy (non-hydrogen) atoms. The minimum absolute atomic E-state index is 0.664. The predicted molar refractivity (Wildman–Crippen MR) is 63.9 cm³/mol. The molecule has 0 saturated heterocycles. The predicted octanol–water partition coefficient (Wildman–Crippen LogP) is 3.81. The molecule has 1 aromatic carbocycles. The fourth-order valence-corrected chi connectivity index (χ4v) is 2.06. The van der Waals surface area contributed by atoms with Gasteiger partial charge in [-0.15, -0.1) is 0 Å². The Morgan fingerprint density at radius 2 is 2.07 bits per heavy atom. The SMILES string of the molecule is Cc1[nH]c(=S)[nH]c1-c1cccc(Br)c1. The zero-order chi connectivity index (χ0) is 10.1. The summed E-state index contributed by atoms with van der Waals surface area (Å²) in [5.74, 6) is 0. The van der Waals surface area contributed by atoms with Gasteiger partial charge in [-0.05, 0) is 31.3 Å². The quantitative estimate of drug-likeness (QED) is 0.758. The fraction of sp³-hybridized carbons (Fsp3) is 0.100. The summed E-state index contributed by atoms with van der Waals surface area (Å²) in [7, 11) is 0. The summed E-state index contributed by atoms with van der Waals surface area (Å²) in [6.07, 6.45) is 0. The molecule has 0 radical (unpaired) electrons. The number of hydrogen-bond donors (Lipinski definition) is 2. The van der Waals surface area contributed by atoms with Crippen LogP contribution >= 0.6 is 28.1 Å². The summed E-state index contributed by atoms with van der Waals surface area (Å²) in [4.78, 5) is 6.20. The minimum atomic E-state index is 0.664. The van der Waals surface area contributed by atoms with E-state index in [1.165, 1.54) is 0 Å². The van der Waals surface area contributed by atoms with Crippen LogP contribution in [0.4, 0.5) is 0 Å². The van der Waals surface area contributed by atoms with E-state index < -0.39 is 0 Å². The van der Waals surface area contributed by atoms with Gasteiger partial charge in [0.05, 0.1) is 5.69 Å². The van der Waals surface area contributed by atoms with Crippen molar-refractivity contribution in [1.82, 2.24) is 9.97 Å². The van der Waals surface area contributed by atoms with Crippen molar-refractivity contribution in [3.8, 4) is 11.3 Å². The van der Waals surface area contributed by atoms with Crippen molar-refractivity contribution in [2.75, 3.05) is 0 Å². The van der Waals surface area contributed by atoms with E-state index in [1.54, 1.807) is 0 Å². The van der Waals surface area contributed by atoms with Crippen LogP contribution in [0.1, 0.15) is 5.69 Å². The highest BCUT2D eigenvalue weighted by Gasteiger charge is 2.03. The number of nitrogens with one attached hydrogen (secondary N) is 2. The topological polar surface area (TPSA) is 31.6 Å². The molecule has 0 atom stereocenters. The highest BCUT2D eigenvalue weighted by Crippen LogP contribution is 2.23. The lowest BCUT2D eigenvalue weighted by Gasteiger charge is -1.99. The Hall–Kier alpha value is -0.870. The van der Waals surface area contributed by atoms with Crippen LogP contribution in [0.25, 0.3) is 11.3 Å². The van der Waals surface area contributed by atoms with Gasteiger partial charge in [-0.3, -0.25) is 0 Å². The van der Waals surface area contributed by atoms with Crippen LogP contribution in [-0.4, -0.2) is 9.97 Å². The molecule has 4 heteroatoms. The molecule has 2 nitrogen and oxygen atoms in total. The molecule has 0 unspecified atom stereocenters. The Morgan fingerprint density at radius 1 is 1.29 bits per heavy atom. The molecule has 0 spiro atoms. The van der Waals surface area contributed by atoms with Crippen LogP contribution in [0, 0.1) is 11.7 Å². The zero-order valence-corrected chi connectivity index (χ0v) is 10.00. The molecular weight excluding hydrogens is 260 g/mol. The van der Waals surface area contributed by atoms with Crippen LogP contribution in [-0.2, 0) is 0 Å². The highest BCUT2D eigenvalue weighted by molar-refractivity contribution is 9.10. The Bertz CT molecular complexity index is 513. The van der Waals surface area contributed by atoms with E-state index in [2.05, 4.69) is 32.0 Å². The average molecular weight is 269 g/mol. The van der Waals surface area contributed by atoms with E-state index in [0.29, 0.717) is 4.77 Å². The first-order valence-corrected chi connectivity index (χ1v) is 5.42. The molecule has 0 saturated carbocycles. The number of halogens is 1. The van der Waals surface area contributed by atoms with Gasteiger partial charge in [0.1, 0.15) is 0 Å². The van der Waals surface area contributed by atoms with Crippen molar-refractivity contribution in [1.29, 1.82) is 0 Å². The molecule has 2 rings (SSSR count). The van der Waals surface area contributed by atoms with E-state index in [-0.39, 0.29) is 0 Å². The molecule has 2 N–H and O–H groups in total. The standard InChI is InChI=1S/C10H9BrN2S/c1-6-9(13-10(14)12-6)7-3-2-4-8(11)5-7/h2-5H,1H3,(H2,12,13,14). The van der Waals surface area contributed by atoms with E-state index in [4.69, 9.17) is 12.2 Å². The van der Waals surface area contributed by atoms with Crippen LogP contribution < -0.4 is 0 Å². The summed E-state index contributed by atoms with van der Waals surface area (Å²) < 4.78 is 1.73. The summed E-state index contributed by atoms with van der Waals surface area (Å²) in [6, 6.07) is 8.11. The molecule has 0 bridgehead atoms. The highest BCUT2D eigenvalue weighted by atomic mass is 79.9. The minimum Gasteiger partial charge on any atom is -0.334 e. The number of hydrogen-bond acceptors (Lipinski definition) is 1. The molecular formula is C10H9BrN2S. The lowest BCUT2D eigenvalue weighted by Crippen LogP contribution is -1.80. The third-order valence-electron chi connectivity index (χ3n) is 2.03.